The van der Waals surface area contributed by atoms with E-state index in [0.29, 0.717) is 5.69 Å². The first kappa shape index (κ1) is 8.70. The smallest absolute Gasteiger partial charge is 0.315 e. The lowest BCUT2D eigenvalue weighted by Gasteiger charge is -2.17. The molecule has 1 heterocycles. The molecule has 0 aliphatic heterocycles. The molecule has 0 aliphatic carbocycles. The molecule has 1 N–H and O–H groups in total. The fraction of sp³-hybridized carbons (Fsp3) is 0.571. The molecule has 0 bridgehead atoms. The van der Waals surface area contributed by atoms with Gasteiger partial charge in [0.25, 0.3) is 0 Å². The first-order valence-electron chi connectivity index (χ1n) is 3.55. The molecular weight excluding hydrogens is 158 g/mol. The lowest BCUT2D eigenvalue weighted by molar-refractivity contribution is -0.142. The lowest BCUT2D eigenvalue weighted by Crippen LogP contribution is -2.30. The molecule has 0 fully saturated rings. The average molecular weight is 169 g/mol. The van der Waals surface area contributed by atoms with Gasteiger partial charge in [-0.05, 0) is 13.8 Å². The number of hydrogen-bond acceptors (Lipinski definition) is 3. The molecule has 0 spiro atoms. The summed E-state index contributed by atoms with van der Waals surface area (Å²) in [5.41, 5.74) is -0.340. The Balaban J connectivity index is 3.13. The van der Waals surface area contributed by atoms with Crippen molar-refractivity contribution >= 4 is 5.97 Å². The second kappa shape index (κ2) is 2.58. The zero-order valence-corrected chi connectivity index (χ0v) is 7.27. The minimum Gasteiger partial charge on any atom is -0.481 e. The van der Waals surface area contributed by atoms with Crippen LogP contribution in [-0.2, 0) is 17.3 Å². The van der Waals surface area contributed by atoms with Crippen LogP contribution < -0.4 is 0 Å². The first-order chi connectivity index (χ1) is 5.46. The Morgan fingerprint density at radius 3 is 2.58 bits per heavy atom. The van der Waals surface area contributed by atoms with Crippen LogP contribution in [0.4, 0.5) is 0 Å². The number of aliphatic carboxylic acids is 1. The van der Waals surface area contributed by atoms with Crippen LogP contribution in [0.25, 0.3) is 0 Å². The number of carboxylic acid groups (broad SMARTS) is 1. The summed E-state index contributed by atoms with van der Waals surface area (Å²) >= 11 is 0. The molecular formula is C7H11N3O2. The molecule has 0 amide bonds. The highest BCUT2D eigenvalue weighted by Gasteiger charge is 2.32. The van der Waals surface area contributed by atoms with E-state index in [4.69, 9.17) is 5.11 Å². The van der Waals surface area contributed by atoms with Crippen molar-refractivity contribution in [2.45, 2.75) is 19.3 Å². The number of aryl methyl sites for hydroxylation is 1. The number of hydrogen-bond donors (Lipinski definition) is 1. The molecule has 0 saturated heterocycles. The molecule has 5 nitrogen and oxygen atoms in total. The van der Waals surface area contributed by atoms with E-state index in [2.05, 4.69) is 10.3 Å². The van der Waals surface area contributed by atoms with E-state index in [1.807, 2.05) is 0 Å². The zero-order valence-electron chi connectivity index (χ0n) is 7.27. The molecule has 0 aromatic carbocycles. The highest BCUT2D eigenvalue weighted by molar-refractivity contribution is 5.79. The highest BCUT2D eigenvalue weighted by Crippen LogP contribution is 2.21. The molecule has 0 atom stereocenters. The summed E-state index contributed by atoms with van der Waals surface area (Å²) in [6, 6.07) is 0. The normalized spacial score (nSPS) is 11.6. The fourth-order valence-electron chi connectivity index (χ4n) is 0.965. The van der Waals surface area contributed by atoms with Gasteiger partial charge in [-0.2, -0.15) is 0 Å². The lowest BCUT2D eigenvalue weighted by atomic mass is 9.90. The third-order valence-electron chi connectivity index (χ3n) is 1.89. The molecule has 1 rings (SSSR count). The summed E-state index contributed by atoms with van der Waals surface area (Å²) in [6.07, 6.45) is 1.47. The van der Waals surface area contributed by atoms with Crippen molar-refractivity contribution in [3.63, 3.8) is 0 Å². The number of rotatable bonds is 2. The SMILES string of the molecule is Cn1nncc1C(C)(C)C(=O)O. The molecule has 66 valence electrons. The van der Waals surface area contributed by atoms with Crippen LogP contribution in [0.1, 0.15) is 19.5 Å². The maximum absolute atomic E-state index is 10.8. The van der Waals surface area contributed by atoms with Crippen LogP contribution in [-0.4, -0.2) is 26.1 Å². The molecule has 12 heavy (non-hydrogen) atoms. The predicted octanol–water partition coefficient (Wildman–Crippen LogP) is 0.177. The Morgan fingerprint density at radius 2 is 2.25 bits per heavy atom. The van der Waals surface area contributed by atoms with Crippen LogP contribution in [0.2, 0.25) is 0 Å². The Bertz CT molecular complexity index is 303. The molecule has 0 radical (unpaired) electrons. The average Bonchev–Trinajstić information content (AvgIpc) is 2.35. The third kappa shape index (κ3) is 1.17. The Hall–Kier alpha value is -1.39. The molecule has 1 aromatic heterocycles. The summed E-state index contributed by atoms with van der Waals surface area (Å²) in [7, 11) is 1.67. The third-order valence-corrected chi connectivity index (χ3v) is 1.89. The van der Waals surface area contributed by atoms with Crippen LogP contribution in [0.3, 0.4) is 0 Å². The van der Waals surface area contributed by atoms with Gasteiger partial charge in [-0.3, -0.25) is 9.48 Å². The van der Waals surface area contributed by atoms with Gasteiger partial charge in [-0.25, -0.2) is 0 Å². The van der Waals surface area contributed by atoms with E-state index in [9.17, 15) is 4.79 Å². The second-order valence-electron chi connectivity index (χ2n) is 3.17. The van der Waals surface area contributed by atoms with Crippen LogP contribution in [0.15, 0.2) is 6.20 Å². The van der Waals surface area contributed by atoms with Crippen molar-refractivity contribution in [1.29, 1.82) is 0 Å². The van der Waals surface area contributed by atoms with Gasteiger partial charge in [0.05, 0.1) is 11.9 Å². The van der Waals surface area contributed by atoms with Crippen LogP contribution in [0.5, 0.6) is 0 Å². The van der Waals surface area contributed by atoms with Gasteiger partial charge in [0.15, 0.2) is 0 Å². The van der Waals surface area contributed by atoms with Crippen molar-refractivity contribution in [2.75, 3.05) is 0 Å². The Labute approximate surface area is 70.0 Å². The van der Waals surface area contributed by atoms with Crippen LogP contribution >= 0.6 is 0 Å². The standard InChI is InChI=1S/C7H11N3O2/c1-7(2,6(11)12)5-4-8-9-10(5)3/h4H,1-3H3,(H,11,12). The quantitative estimate of drug-likeness (QED) is 0.685. The topological polar surface area (TPSA) is 68.0 Å². The molecule has 1 aromatic rings. The van der Waals surface area contributed by atoms with Gasteiger partial charge in [0.1, 0.15) is 5.41 Å². The Morgan fingerprint density at radius 1 is 1.67 bits per heavy atom. The number of aromatic nitrogens is 3. The summed E-state index contributed by atoms with van der Waals surface area (Å²) in [5, 5.41) is 16.2. The molecule has 0 unspecified atom stereocenters. The van der Waals surface area contributed by atoms with E-state index in [-0.39, 0.29) is 0 Å². The number of carbonyl (C=O) groups is 1. The molecule has 5 heteroatoms. The van der Waals surface area contributed by atoms with Gasteiger partial charge >= 0.3 is 5.97 Å². The van der Waals surface area contributed by atoms with Crippen molar-refractivity contribution in [1.82, 2.24) is 15.0 Å². The number of nitrogens with zero attached hydrogens (tertiary/aromatic N) is 3. The van der Waals surface area contributed by atoms with Gasteiger partial charge in [0, 0.05) is 7.05 Å². The molecule has 0 saturated carbocycles. The van der Waals surface area contributed by atoms with E-state index in [1.54, 1.807) is 20.9 Å². The van der Waals surface area contributed by atoms with Gasteiger partial charge in [-0.15, -0.1) is 5.10 Å². The summed E-state index contributed by atoms with van der Waals surface area (Å²) in [5.74, 6) is -0.882. The van der Waals surface area contributed by atoms with Crippen molar-refractivity contribution in [2.24, 2.45) is 7.05 Å². The van der Waals surface area contributed by atoms with E-state index >= 15 is 0 Å². The summed E-state index contributed by atoms with van der Waals surface area (Å²) in [4.78, 5) is 10.8. The Kier molecular flexibility index (Phi) is 1.87. The van der Waals surface area contributed by atoms with E-state index < -0.39 is 11.4 Å². The van der Waals surface area contributed by atoms with E-state index in [0.717, 1.165) is 0 Å². The molecule has 0 aliphatic rings. The van der Waals surface area contributed by atoms with Gasteiger partial charge < -0.3 is 5.11 Å². The fourth-order valence-corrected chi connectivity index (χ4v) is 0.965. The minimum atomic E-state index is -0.932. The summed E-state index contributed by atoms with van der Waals surface area (Å²) < 4.78 is 1.47. The van der Waals surface area contributed by atoms with Gasteiger partial charge in [0.2, 0.25) is 0 Å². The largest absolute Gasteiger partial charge is 0.481 e. The zero-order chi connectivity index (χ0) is 9.35. The number of carboxylic acids is 1. The second-order valence-corrected chi connectivity index (χ2v) is 3.17. The maximum Gasteiger partial charge on any atom is 0.315 e. The van der Waals surface area contributed by atoms with Crippen molar-refractivity contribution < 1.29 is 9.90 Å². The maximum atomic E-state index is 10.8. The van der Waals surface area contributed by atoms with E-state index in [1.165, 1.54) is 10.9 Å². The predicted molar refractivity (Wildman–Crippen MR) is 41.7 cm³/mol. The minimum absolute atomic E-state index is 0.593. The van der Waals surface area contributed by atoms with Crippen LogP contribution in [0, 0.1) is 0 Å². The monoisotopic (exact) mass is 169 g/mol. The van der Waals surface area contributed by atoms with Gasteiger partial charge in [-0.1, -0.05) is 5.21 Å². The highest BCUT2D eigenvalue weighted by atomic mass is 16.4. The van der Waals surface area contributed by atoms with Crippen molar-refractivity contribution in [3.05, 3.63) is 11.9 Å². The van der Waals surface area contributed by atoms with Crippen molar-refractivity contribution in [3.8, 4) is 0 Å². The summed E-state index contributed by atoms with van der Waals surface area (Å²) in [6.45, 7) is 3.24. The first-order valence-corrected chi connectivity index (χ1v) is 3.55.